The second-order valence-corrected chi connectivity index (χ2v) is 11.2. The zero-order valence-corrected chi connectivity index (χ0v) is 24.6. The minimum atomic E-state index is -0.312. The number of Topliss-reactive ketones (excluding diaryl/α,β-unsaturated/α-hetero) is 1. The molecule has 0 aliphatic carbocycles. The molecule has 0 bridgehead atoms. The van der Waals surface area contributed by atoms with Gasteiger partial charge in [-0.25, -0.2) is 0 Å². The van der Waals surface area contributed by atoms with Crippen LogP contribution in [0.15, 0.2) is 59.0 Å². The fraction of sp³-hybridized carbons (Fsp3) is 0.441. The summed E-state index contributed by atoms with van der Waals surface area (Å²) in [6, 6.07) is 17.8. The van der Waals surface area contributed by atoms with Crippen LogP contribution in [0.2, 0.25) is 0 Å². The standard InChI is InChI=1S/C34H43N3O4/c1-24-10-6-7-12-31(24)37-20-9-11-27(18-21-37)22-28-15-16-29(32(39)13-5-4-8-19-35-26(3)38)23-30(28)36-34(40)33-17-14-25(2)41-33/h6-7,10,12,14-17,23,27H,4-5,8-9,11,13,18-22H2,1-3H3,(H,35,38)(H,36,40). The quantitative estimate of drug-likeness (QED) is 0.187. The van der Waals surface area contributed by atoms with E-state index in [0.717, 1.165) is 63.6 Å². The van der Waals surface area contributed by atoms with Gasteiger partial charge < -0.3 is 20.0 Å². The van der Waals surface area contributed by atoms with E-state index in [1.165, 1.54) is 18.2 Å². The Morgan fingerprint density at radius 2 is 1.78 bits per heavy atom. The molecule has 1 fully saturated rings. The number of unbranched alkanes of at least 4 members (excludes halogenated alkanes) is 2. The molecule has 0 saturated carbocycles. The van der Waals surface area contributed by atoms with Gasteiger partial charge in [0.1, 0.15) is 5.76 Å². The molecule has 1 aliphatic rings. The molecule has 1 aliphatic heterocycles. The average Bonchev–Trinajstić information content (AvgIpc) is 3.26. The highest BCUT2D eigenvalue weighted by atomic mass is 16.3. The van der Waals surface area contributed by atoms with Crippen LogP contribution in [-0.2, 0) is 11.2 Å². The summed E-state index contributed by atoms with van der Waals surface area (Å²) in [7, 11) is 0. The number of amides is 2. The molecule has 1 unspecified atom stereocenters. The zero-order valence-electron chi connectivity index (χ0n) is 24.6. The molecule has 1 saturated heterocycles. The van der Waals surface area contributed by atoms with Crippen LogP contribution < -0.4 is 15.5 Å². The average molecular weight is 558 g/mol. The van der Waals surface area contributed by atoms with E-state index in [4.69, 9.17) is 4.42 Å². The Morgan fingerprint density at radius 1 is 0.951 bits per heavy atom. The van der Waals surface area contributed by atoms with Crippen LogP contribution in [0.3, 0.4) is 0 Å². The number of furan rings is 1. The van der Waals surface area contributed by atoms with Crippen molar-refractivity contribution >= 4 is 29.0 Å². The second kappa shape index (κ2) is 14.7. The van der Waals surface area contributed by atoms with Crippen molar-refractivity contribution in [2.45, 2.75) is 72.1 Å². The van der Waals surface area contributed by atoms with Gasteiger partial charge in [0.2, 0.25) is 5.91 Å². The first-order valence-corrected chi connectivity index (χ1v) is 14.9. The predicted molar refractivity (Wildman–Crippen MR) is 164 cm³/mol. The maximum absolute atomic E-state index is 13.0. The largest absolute Gasteiger partial charge is 0.456 e. The molecule has 1 atom stereocenters. The van der Waals surface area contributed by atoms with Gasteiger partial charge in [0, 0.05) is 49.9 Å². The van der Waals surface area contributed by atoms with Crippen LogP contribution in [-0.4, -0.2) is 37.2 Å². The highest BCUT2D eigenvalue weighted by Gasteiger charge is 2.21. The number of rotatable bonds is 12. The van der Waals surface area contributed by atoms with E-state index in [0.29, 0.717) is 35.9 Å². The van der Waals surface area contributed by atoms with Gasteiger partial charge in [-0.3, -0.25) is 14.4 Å². The fourth-order valence-corrected chi connectivity index (χ4v) is 5.62. The number of carbonyl (C=O) groups is 3. The van der Waals surface area contributed by atoms with Gasteiger partial charge in [0.25, 0.3) is 5.91 Å². The molecule has 3 aromatic rings. The first kappa shape index (κ1) is 30.1. The summed E-state index contributed by atoms with van der Waals surface area (Å²) < 4.78 is 5.55. The Bertz CT molecular complexity index is 1350. The van der Waals surface area contributed by atoms with Crippen molar-refractivity contribution in [3.8, 4) is 0 Å². The molecule has 0 radical (unpaired) electrons. The first-order chi connectivity index (χ1) is 19.8. The molecular weight excluding hydrogens is 514 g/mol. The van der Waals surface area contributed by atoms with E-state index in [1.807, 2.05) is 25.1 Å². The number of anilines is 2. The predicted octanol–water partition coefficient (Wildman–Crippen LogP) is 6.88. The summed E-state index contributed by atoms with van der Waals surface area (Å²) in [4.78, 5) is 39.6. The van der Waals surface area contributed by atoms with Crippen molar-refractivity contribution in [2.75, 3.05) is 29.9 Å². The molecule has 2 N–H and O–H groups in total. The summed E-state index contributed by atoms with van der Waals surface area (Å²) in [6.45, 7) is 8.16. The smallest absolute Gasteiger partial charge is 0.291 e. The van der Waals surface area contributed by atoms with E-state index in [2.05, 4.69) is 46.7 Å². The molecule has 0 spiro atoms. The molecule has 7 heteroatoms. The molecule has 2 heterocycles. The zero-order chi connectivity index (χ0) is 29.2. The lowest BCUT2D eigenvalue weighted by Crippen LogP contribution is -2.25. The molecule has 2 amide bonds. The van der Waals surface area contributed by atoms with E-state index >= 15 is 0 Å². The first-order valence-electron chi connectivity index (χ1n) is 14.9. The minimum absolute atomic E-state index is 0.0343. The topological polar surface area (TPSA) is 91.7 Å². The Hall–Kier alpha value is -3.87. The lowest BCUT2D eigenvalue weighted by molar-refractivity contribution is -0.118. The van der Waals surface area contributed by atoms with Crippen molar-refractivity contribution in [3.05, 3.63) is 82.8 Å². The van der Waals surface area contributed by atoms with E-state index in [9.17, 15) is 14.4 Å². The summed E-state index contributed by atoms with van der Waals surface area (Å²) >= 11 is 0. The van der Waals surface area contributed by atoms with Crippen LogP contribution >= 0.6 is 0 Å². The number of para-hydroxylation sites is 1. The molecule has 41 heavy (non-hydrogen) atoms. The third-order valence-corrected chi connectivity index (χ3v) is 7.91. The van der Waals surface area contributed by atoms with Gasteiger partial charge in [0.15, 0.2) is 11.5 Å². The maximum Gasteiger partial charge on any atom is 0.291 e. The Balaban J connectivity index is 1.44. The van der Waals surface area contributed by atoms with E-state index in [-0.39, 0.29) is 23.4 Å². The SMILES string of the molecule is CC(=O)NCCCCCC(=O)c1ccc(CC2CCCN(c3ccccc3C)CC2)c(NC(=O)c2ccc(C)o2)c1. The van der Waals surface area contributed by atoms with Gasteiger partial charge in [-0.05, 0) is 93.7 Å². The number of ketones is 1. The second-order valence-electron chi connectivity index (χ2n) is 11.2. The Morgan fingerprint density at radius 3 is 2.54 bits per heavy atom. The highest BCUT2D eigenvalue weighted by molar-refractivity contribution is 6.04. The third-order valence-electron chi connectivity index (χ3n) is 7.91. The molecular formula is C34H43N3O4. The third kappa shape index (κ3) is 8.81. The minimum Gasteiger partial charge on any atom is -0.456 e. The molecule has 2 aromatic carbocycles. The number of hydrogen-bond acceptors (Lipinski definition) is 5. The molecule has 7 nitrogen and oxygen atoms in total. The van der Waals surface area contributed by atoms with E-state index < -0.39 is 0 Å². The van der Waals surface area contributed by atoms with Crippen LogP contribution in [0.25, 0.3) is 0 Å². The number of nitrogens with one attached hydrogen (secondary N) is 2. The number of carbonyl (C=O) groups excluding carboxylic acids is 3. The van der Waals surface area contributed by atoms with Crippen LogP contribution in [0, 0.1) is 19.8 Å². The normalized spacial score (nSPS) is 15.3. The van der Waals surface area contributed by atoms with Crippen LogP contribution in [0.1, 0.15) is 89.7 Å². The lowest BCUT2D eigenvalue weighted by atomic mass is 9.90. The van der Waals surface area contributed by atoms with Crippen LogP contribution in [0.5, 0.6) is 0 Å². The maximum atomic E-state index is 13.0. The van der Waals surface area contributed by atoms with Gasteiger partial charge in [-0.15, -0.1) is 0 Å². The van der Waals surface area contributed by atoms with Gasteiger partial charge in [-0.2, -0.15) is 0 Å². The van der Waals surface area contributed by atoms with Gasteiger partial charge >= 0.3 is 0 Å². The van der Waals surface area contributed by atoms with Crippen molar-refractivity contribution in [1.29, 1.82) is 0 Å². The fourth-order valence-electron chi connectivity index (χ4n) is 5.62. The van der Waals surface area contributed by atoms with Crippen molar-refractivity contribution in [3.63, 3.8) is 0 Å². The van der Waals surface area contributed by atoms with Crippen molar-refractivity contribution in [1.82, 2.24) is 5.32 Å². The van der Waals surface area contributed by atoms with Gasteiger partial charge in [-0.1, -0.05) is 36.8 Å². The molecule has 4 rings (SSSR count). The lowest BCUT2D eigenvalue weighted by Gasteiger charge is -2.25. The summed E-state index contributed by atoms with van der Waals surface area (Å²) in [5.74, 6) is 1.13. The van der Waals surface area contributed by atoms with E-state index in [1.54, 1.807) is 12.1 Å². The molecule has 218 valence electrons. The Labute approximate surface area is 243 Å². The highest BCUT2D eigenvalue weighted by Crippen LogP contribution is 2.30. The molecule has 1 aromatic heterocycles. The number of benzene rings is 2. The number of aryl methyl sites for hydroxylation is 2. The van der Waals surface area contributed by atoms with Crippen molar-refractivity contribution in [2.24, 2.45) is 5.92 Å². The summed E-state index contributed by atoms with van der Waals surface area (Å²) in [5.41, 5.74) is 4.95. The Kier molecular flexibility index (Phi) is 10.8. The monoisotopic (exact) mass is 557 g/mol. The van der Waals surface area contributed by atoms with Gasteiger partial charge in [0.05, 0.1) is 0 Å². The number of nitrogens with zero attached hydrogens (tertiary/aromatic N) is 1. The number of hydrogen-bond donors (Lipinski definition) is 2. The summed E-state index contributed by atoms with van der Waals surface area (Å²) in [6.07, 6.45) is 7.04. The van der Waals surface area contributed by atoms with Crippen molar-refractivity contribution < 1.29 is 18.8 Å². The summed E-state index contributed by atoms with van der Waals surface area (Å²) in [5, 5.41) is 5.83. The van der Waals surface area contributed by atoms with Crippen LogP contribution in [0.4, 0.5) is 11.4 Å².